The Labute approximate surface area is 142 Å². The molecular weight excluding hydrogens is 346 g/mol. The van der Waals surface area contributed by atoms with Crippen LogP contribution in [0.1, 0.15) is 0 Å². The predicted molar refractivity (Wildman–Crippen MR) is 88.6 cm³/mol. The molecule has 0 saturated carbocycles. The normalized spacial score (nSPS) is 10.1. The van der Waals surface area contributed by atoms with Crippen LogP contribution in [0, 0.1) is 5.82 Å². The van der Waals surface area contributed by atoms with E-state index in [4.69, 9.17) is 32.7 Å². The second-order valence-electron chi connectivity index (χ2n) is 4.40. The molecule has 0 aliphatic heterocycles. The Morgan fingerprint density at radius 1 is 1.00 bits per heavy atom. The van der Waals surface area contributed by atoms with Gasteiger partial charge in [0.2, 0.25) is 0 Å². The lowest BCUT2D eigenvalue weighted by molar-refractivity contribution is 0.262. The molecule has 2 rings (SSSR count). The highest BCUT2D eigenvalue weighted by atomic mass is 35.5. The molecule has 8 heteroatoms. The van der Waals surface area contributed by atoms with Crippen LogP contribution in [0.25, 0.3) is 0 Å². The van der Waals surface area contributed by atoms with Gasteiger partial charge in [-0.15, -0.1) is 0 Å². The lowest BCUT2D eigenvalue weighted by Crippen LogP contribution is -2.20. The van der Waals surface area contributed by atoms with Crippen molar-refractivity contribution in [1.82, 2.24) is 0 Å². The van der Waals surface area contributed by atoms with Crippen molar-refractivity contribution in [3.63, 3.8) is 0 Å². The third-order valence-electron chi connectivity index (χ3n) is 2.90. The number of ether oxygens (including phenoxy) is 2. The monoisotopic (exact) mass is 358 g/mol. The zero-order valence-electron chi connectivity index (χ0n) is 12.2. The first-order chi connectivity index (χ1) is 10.9. The highest BCUT2D eigenvalue weighted by Gasteiger charge is 2.13. The summed E-state index contributed by atoms with van der Waals surface area (Å²) in [6.07, 6.45) is 0. The van der Waals surface area contributed by atoms with Crippen molar-refractivity contribution < 1.29 is 18.7 Å². The smallest absolute Gasteiger partial charge is 0.323 e. The fraction of sp³-hybridized carbons (Fsp3) is 0.133. The molecule has 5 nitrogen and oxygen atoms in total. The van der Waals surface area contributed by atoms with E-state index in [9.17, 15) is 9.18 Å². The number of halogens is 3. The van der Waals surface area contributed by atoms with Crippen LogP contribution in [0.4, 0.5) is 20.6 Å². The minimum Gasteiger partial charge on any atom is -0.495 e. The molecule has 2 N–H and O–H groups in total. The number of carbonyl (C=O) groups is 1. The number of carbonyl (C=O) groups excluding carboxylic acids is 1. The van der Waals surface area contributed by atoms with Crippen LogP contribution in [-0.2, 0) is 0 Å². The van der Waals surface area contributed by atoms with Crippen LogP contribution in [-0.4, -0.2) is 20.3 Å². The molecule has 0 saturated heterocycles. The van der Waals surface area contributed by atoms with E-state index < -0.39 is 11.8 Å². The molecule has 23 heavy (non-hydrogen) atoms. The van der Waals surface area contributed by atoms with Gasteiger partial charge in [-0.1, -0.05) is 23.2 Å². The first kappa shape index (κ1) is 17.2. The molecule has 0 fully saturated rings. The highest BCUT2D eigenvalue weighted by molar-refractivity contribution is 6.32. The number of hydrogen-bond donors (Lipinski definition) is 2. The van der Waals surface area contributed by atoms with E-state index in [2.05, 4.69) is 10.6 Å². The summed E-state index contributed by atoms with van der Waals surface area (Å²) in [6, 6.07) is 6.33. The van der Waals surface area contributed by atoms with Crippen molar-refractivity contribution in [2.45, 2.75) is 0 Å². The van der Waals surface area contributed by atoms with E-state index in [1.807, 2.05) is 0 Å². The fourth-order valence-corrected chi connectivity index (χ4v) is 2.23. The first-order valence-corrected chi connectivity index (χ1v) is 7.14. The molecule has 0 heterocycles. The Hall–Kier alpha value is -2.18. The van der Waals surface area contributed by atoms with E-state index in [1.54, 1.807) is 0 Å². The van der Waals surface area contributed by atoms with E-state index in [0.29, 0.717) is 27.9 Å². The largest absolute Gasteiger partial charge is 0.495 e. The van der Waals surface area contributed by atoms with Gasteiger partial charge in [0.25, 0.3) is 0 Å². The number of benzene rings is 2. The fourth-order valence-electron chi connectivity index (χ4n) is 1.82. The summed E-state index contributed by atoms with van der Waals surface area (Å²) in [6.45, 7) is 0. The maximum absolute atomic E-state index is 13.1. The number of anilines is 2. The summed E-state index contributed by atoms with van der Waals surface area (Å²) in [4.78, 5) is 12.0. The van der Waals surface area contributed by atoms with Gasteiger partial charge < -0.3 is 20.1 Å². The SMILES string of the molecule is COc1cc(NC(=O)Nc2ccc(F)c(Cl)c2)c(OC)cc1Cl. The van der Waals surface area contributed by atoms with Gasteiger partial charge in [0.05, 0.1) is 30.0 Å². The van der Waals surface area contributed by atoms with Crippen molar-refractivity contribution in [3.05, 3.63) is 46.2 Å². The van der Waals surface area contributed by atoms with Gasteiger partial charge in [-0.3, -0.25) is 0 Å². The number of amides is 2. The number of nitrogens with one attached hydrogen (secondary N) is 2. The van der Waals surface area contributed by atoms with Gasteiger partial charge in [0, 0.05) is 17.8 Å². The summed E-state index contributed by atoms with van der Waals surface area (Å²) in [7, 11) is 2.90. The molecule has 122 valence electrons. The van der Waals surface area contributed by atoms with Crippen LogP contribution < -0.4 is 20.1 Å². The van der Waals surface area contributed by atoms with Crippen molar-refractivity contribution in [1.29, 1.82) is 0 Å². The Morgan fingerprint density at radius 2 is 1.70 bits per heavy atom. The lowest BCUT2D eigenvalue weighted by Gasteiger charge is -2.14. The van der Waals surface area contributed by atoms with Crippen LogP contribution in [0.3, 0.4) is 0 Å². The van der Waals surface area contributed by atoms with E-state index in [-0.39, 0.29) is 5.02 Å². The molecule has 0 bridgehead atoms. The number of urea groups is 1. The predicted octanol–water partition coefficient (Wildman–Crippen LogP) is 4.79. The van der Waals surface area contributed by atoms with E-state index in [1.165, 1.54) is 38.5 Å². The van der Waals surface area contributed by atoms with Gasteiger partial charge >= 0.3 is 6.03 Å². The van der Waals surface area contributed by atoms with Gasteiger partial charge in [0.15, 0.2) is 0 Å². The Bertz CT molecular complexity index is 741. The third kappa shape index (κ3) is 4.18. The first-order valence-electron chi connectivity index (χ1n) is 6.39. The zero-order chi connectivity index (χ0) is 17.0. The Balaban J connectivity index is 2.17. The molecule has 0 radical (unpaired) electrons. The molecule has 0 atom stereocenters. The molecule has 2 aromatic carbocycles. The summed E-state index contributed by atoms with van der Waals surface area (Å²) in [5.74, 6) is 0.178. The number of hydrogen-bond acceptors (Lipinski definition) is 3. The summed E-state index contributed by atoms with van der Waals surface area (Å²) < 4.78 is 23.4. The average Bonchev–Trinajstić information content (AvgIpc) is 2.52. The van der Waals surface area contributed by atoms with Crippen molar-refractivity contribution >= 4 is 40.6 Å². The third-order valence-corrected chi connectivity index (χ3v) is 3.48. The molecule has 0 aliphatic carbocycles. The average molecular weight is 359 g/mol. The molecular formula is C15H13Cl2FN2O3. The minimum absolute atomic E-state index is 0.0893. The number of rotatable bonds is 4. The summed E-state index contributed by atoms with van der Waals surface area (Å²) in [5, 5.41) is 5.39. The quantitative estimate of drug-likeness (QED) is 0.825. The van der Waals surface area contributed by atoms with Crippen molar-refractivity contribution in [3.8, 4) is 11.5 Å². The van der Waals surface area contributed by atoms with E-state index in [0.717, 1.165) is 6.07 Å². The maximum atomic E-state index is 13.1. The van der Waals surface area contributed by atoms with Crippen molar-refractivity contribution in [2.75, 3.05) is 24.9 Å². The summed E-state index contributed by atoms with van der Waals surface area (Å²) >= 11 is 11.7. The van der Waals surface area contributed by atoms with Gasteiger partial charge in [0.1, 0.15) is 17.3 Å². The topological polar surface area (TPSA) is 59.6 Å². The zero-order valence-corrected chi connectivity index (χ0v) is 13.8. The number of methoxy groups -OCH3 is 2. The molecule has 0 aliphatic rings. The second kappa shape index (κ2) is 7.39. The van der Waals surface area contributed by atoms with Gasteiger partial charge in [-0.25, -0.2) is 9.18 Å². The molecule has 2 aromatic rings. The van der Waals surface area contributed by atoms with Gasteiger partial charge in [-0.05, 0) is 18.2 Å². The van der Waals surface area contributed by atoms with Crippen LogP contribution in [0.5, 0.6) is 11.5 Å². The lowest BCUT2D eigenvalue weighted by atomic mass is 10.2. The van der Waals surface area contributed by atoms with Crippen LogP contribution >= 0.6 is 23.2 Å². The highest BCUT2D eigenvalue weighted by Crippen LogP contribution is 2.35. The minimum atomic E-state index is -0.568. The standard InChI is InChI=1S/C15H13Cl2FN2O3/c1-22-13-7-12(14(23-2)6-10(13)17)20-15(21)19-8-3-4-11(18)9(16)5-8/h3-7H,1-2H3,(H2,19,20,21). The van der Waals surface area contributed by atoms with E-state index >= 15 is 0 Å². The molecule has 0 aromatic heterocycles. The Kier molecular flexibility index (Phi) is 5.52. The second-order valence-corrected chi connectivity index (χ2v) is 5.21. The summed E-state index contributed by atoms with van der Waals surface area (Å²) in [5.41, 5.74) is 0.702. The van der Waals surface area contributed by atoms with Gasteiger partial charge in [-0.2, -0.15) is 0 Å². The van der Waals surface area contributed by atoms with Crippen LogP contribution in [0.15, 0.2) is 30.3 Å². The maximum Gasteiger partial charge on any atom is 0.323 e. The van der Waals surface area contributed by atoms with Crippen molar-refractivity contribution in [2.24, 2.45) is 0 Å². The molecule has 0 unspecified atom stereocenters. The molecule has 0 spiro atoms. The Morgan fingerprint density at radius 3 is 2.30 bits per heavy atom. The van der Waals surface area contributed by atoms with Crippen LogP contribution in [0.2, 0.25) is 10.0 Å². The molecule has 2 amide bonds.